The molecule has 1 aliphatic carbocycles. The van der Waals surface area contributed by atoms with Crippen LogP contribution in [0.3, 0.4) is 0 Å². The number of hydrogen-bond donors (Lipinski definition) is 0. The minimum absolute atomic E-state index is 0. The second kappa shape index (κ2) is 7.33. The largest absolute Gasteiger partial charge is 3.00 e. The van der Waals surface area contributed by atoms with E-state index in [1.54, 1.807) is 0 Å². The molecule has 0 aliphatic heterocycles. The van der Waals surface area contributed by atoms with Crippen molar-refractivity contribution in [3.05, 3.63) is 23.3 Å². The van der Waals surface area contributed by atoms with Crippen LogP contribution >= 0.6 is 0 Å². The fourth-order valence-electron chi connectivity index (χ4n) is 0.745. The molecule has 0 saturated heterocycles. The molecule has 0 spiro atoms. The van der Waals surface area contributed by atoms with E-state index in [1.165, 1.54) is 11.1 Å². The van der Waals surface area contributed by atoms with Crippen LogP contribution in [0.2, 0.25) is 0 Å². The van der Waals surface area contributed by atoms with Crippen molar-refractivity contribution in [2.75, 3.05) is 0 Å². The van der Waals surface area contributed by atoms with Gasteiger partial charge in [0.2, 0.25) is 0 Å². The molecule has 1 radical (unpaired) electrons. The molecule has 3 heteroatoms. The molecule has 0 fully saturated rings. The third kappa shape index (κ3) is 5.04. The van der Waals surface area contributed by atoms with Gasteiger partial charge in [-0.3, -0.25) is 6.08 Å². The third-order valence-corrected chi connectivity index (χ3v) is 1.12. The normalized spacial score (nSPS) is 13.4. The molecular weight excluding hydrogens is 213 g/mol. The van der Waals surface area contributed by atoms with Gasteiger partial charge in [-0.1, -0.05) is 20.3 Å². The summed E-state index contributed by atoms with van der Waals surface area (Å²) < 4.78 is 0. The van der Waals surface area contributed by atoms with Crippen molar-refractivity contribution in [1.82, 2.24) is 0 Å². The topological polar surface area (TPSA) is 0 Å². The Balaban J connectivity index is -0.000000163. The van der Waals surface area contributed by atoms with Gasteiger partial charge < -0.3 is 9.41 Å². The monoisotopic (exact) mass is 221 g/mol. The molecule has 0 atom stereocenters. The fourth-order valence-corrected chi connectivity index (χ4v) is 0.745. The van der Waals surface area contributed by atoms with E-state index in [1.807, 2.05) is 0 Å². The molecule has 1 aliphatic rings. The van der Waals surface area contributed by atoms with Gasteiger partial charge >= 0.3 is 26.2 Å². The molecule has 0 saturated carbocycles. The molecule has 0 aromatic rings. The predicted molar refractivity (Wildman–Crippen MR) is 30.8 cm³/mol. The summed E-state index contributed by atoms with van der Waals surface area (Å²) >= 11 is 0. The Morgan fingerprint density at radius 3 is 1.90 bits per heavy atom. The van der Waals surface area contributed by atoms with Gasteiger partial charge in [-0.2, -0.15) is 5.57 Å². The summed E-state index contributed by atoms with van der Waals surface area (Å²) in [5, 5.41) is 0. The first-order chi connectivity index (χ1) is 3.29. The second-order valence-corrected chi connectivity index (χ2v) is 2.00. The molecule has 1 rings (SSSR count). The maximum Gasteiger partial charge on any atom is 3.00 e. The Labute approximate surface area is 79.2 Å². The number of hydrogen-bond acceptors (Lipinski definition) is 0. The molecule has 0 N–H and O–H groups in total. The van der Waals surface area contributed by atoms with Crippen molar-refractivity contribution in [3.63, 3.8) is 0 Å². The SMILES string of the molecule is CC1=[C-]C(C)=CC1.[F-].[F-].[Zr+3]. The number of allylic oxidation sites excluding steroid dienone is 4. The molecule has 0 heterocycles. The van der Waals surface area contributed by atoms with Crippen LogP contribution < -0.4 is 9.41 Å². The van der Waals surface area contributed by atoms with E-state index >= 15 is 0 Å². The fraction of sp³-hybridized carbons (Fsp3) is 0.429. The average Bonchev–Trinajstić information content (AvgIpc) is 1.87. The minimum atomic E-state index is 0. The summed E-state index contributed by atoms with van der Waals surface area (Å²) in [7, 11) is 0. The van der Waals surface area contributed by atoms with Crippen LogP contribution in [0.5, 0.6) is 0 Å². The van der Waals surface area contributed by atoms with Crippen LogP contribution in [-0.4, -0.2) is 0 Å². The van der Waals surface area contributed by atoms with Crippen LogP contribution in [0, 0.1) is 6.08 Å². The van der Waals surface area contributed by atoms with Crippen molar-refractivity contribution in [3.8, 4) is 0 Å². The van der Waals surface area contributed by atoms with E-state index in [2.05, 4.69) is 26.0 Å². The quantitative estimate of drug-likeness (QED) is 0.368. The Bertz CT molecular complexity index is 139. The average molecular weight is 222 g/mol. The van der Waals surface area contributed by atoms with Gasteiger partial charge in [0.05, 0.1) is 0 Å². The second-order valence-electron chi connectivity index (χ2n) is 2.00. The summed E-state index contributed by atoms with van der Waals surface area (Å²) in [6.07, 6.45) is 6.50. The van der Waals surface area contributed by atoms with E-state index in [0.717, 1.165) is 6.42 Å². The van der Waals surface area contributed by atoms with E-state index in [9.17, 15) is 0 Å². The maximum absolute atomic E-state index is 3.19. The van der Waals surface area contributed by atoms with Crippen LogP contribution in [0.15, 0.2) is 17.2 Å². The van der Waals surface area contributed by atoms with Crippen molar-refractivity contribution in [2.45, 2.75) is 20.3 Å². The summed E-state index contributed by atoms with van der Waals surface area (Å²) in [6.45, 7) is 4.18. The Morgan fingerprint density at radius 2 is 1.80 bits per heavy atom. The summed E-state index contributed by atoms with van der Waals surface area (Å²) in [5.74, 6) is 0. The summed E-state index contributed by atoms with van der Waals surface area (Å²) in [5.41, 5.74) is 2.65. The van der Waals surface area contributed by atoms with Crippen molar-refractivity contribution in [1.29, 1.82) is 0 Å². The van der Waals surface area contributed by atoms with Crippen LogP contribution in [0.25, 0.3) is 0 Å². The van der Waals surface area contributed by atoms with E-state index < -0.39 is 0 Å². The zero-order chi connectivity index (χ0) is 5.28. The Hall–Kier alpha value is 0.223. The Kier molecular flexibility index (Phi) is 12.2. The van der Waals surface area contributed by atoms with Gasteiger partial charge in [0.1, 0.15) is 0 Å². The standard InChI is InChI=1S/C7H9.2FH.Zr/c1-6-3-4-7(2)5-6;;;/h3H,4H2,1-2H3;2*1H;/q-1;;;+3/p-2. The number of halogens is 2. The smallest absolute Gasteiger partial charge is 1.00 e. The first-order valence-electron chi connectivity index (χ1n) is 2.55. The van der Waals surface area contributed by atoms with E-state index in [0.29, 0.717) is 0 Å². The van der Waals surface area contributed by atoms with Gasteiger partial charge in [0, 0.05) is 0 Å². The molecule has 0 aromatic heterocycles. The summed E-state index contributed by atoms with van der Waals surface area (Å²) in [4.78, 5) is 0. The zero-order valence-electron chi connectivity index (χ0n) is 6.04. The van der Waals surface area contributed by atoms with E-state index in [-0.39, 0.29) is 35.6 Å². The molecule has 0 unspecified atom stereocenters. The van der Waals surface area contributed by atoms with E-state index in [4.69, 9.17) is 0 Å². The summed E-state index contributed by atoms with van der Waals surface area (Å²) in [6, 6.07) is 0. The van der Waals surface area contributed by atoms with Crippen molar-refractivity contribution in [2.24, 2.45) is 0 Å². The molecule has 0 bridgehead atoms. The Morgan fingerprint density at radius 1 is 1.30 bits per heavy atom. The van der Waals surface area contributed by atoms with Gasteiger partial charge in [0.15, 0.2) is 0 Å². The molecule has 0 nitrogen and oxygen atoms in total. The van der Waals surface area contributed by atoms with Gasteiger partial charge in [0.25, 0.3) is 0 Å². The maximum atomic E-state index is 3.19. The first-order valence-corrected chi connectivity index (χ1v) is 2.55. The molecule has 0 amide bonds. The minimum Gasteiger partial charge on any atom is -1.00 e. The van der Waals surface area contributed by atoms with Crippen LogP contribution in [0.4, 0.5) is 0 Å². The van der Waals surface area contributed by atoms with Gasteiger partial charge in [-0.15, -0.1) is 0 Å². The molecule has 55 valence electrons. The molecule has 0 aromatic carbocycles. The van der Waals surface area contributed by atoms with Crippen LogP contribution in [0.1, 0.15) is 20.3 Å². The van der Waals surface area contributed by atoms with Crippen molar-refractivity contribution < 1.29 is 35.6 Å². The predicted octanol–water partition coefficient (Wildman–Crippen LogP) is -3.91. The third-order valence-electron chi connectivity index (χ3n) is 1.12. The molecule has 10 heavy (non-hydrogen) atoms. The van der Waals surface area contributed by atoms with Gasteiger partial charge in [-0.25, -0.2) is 11.6 Å². The molecular formula is C7H9F2Zr. The van der Waals surface area contributed by atoms with Gasteiger partial charge in [-0.05, 0) is 0 Å². The zero-order valence-corrected chi connectivity index (χ0v) is 8.50. The van der Waals surface area contributed by atoms with Crippen molar-refractivity contribution >= 4 is 0 Å². The van der Waals surface area contributed by atoms with Crippen LogP contribution in [-0.2, 0) is 26.2 Å². The first kappa shape index (κ1) is 16.7. The number of rotatable bonds is 0.